The second-order valence-corrected chi connectivity index (χ2v) is 8.45. The van der Waals surface area contributed by atoms with Gasteiger partial charge in [-0.3, -0.25) is 9.59 Å². The van der Waals surface area contributed by atoms with Crippen LogP contribution in [0, 0.1) is 0 Å². The lowest BCUT2D eigenvalue weighted by Gasteiger charge is -2.17. The van der Waals surface area contributed by atoms with Gasteiger partial charge < -0.3 is 10.0 Å². The van der Waals surface area contributed by atoms with Crippen molar-refractivity contribution >= 4 is 33.2 Å². The highest BCUT2D eigenvalue weighted by atomic mass is 32.2. The van der Waals surface area contributed by atoms with Gasteiger partial charge in [0.25, 0.3) is 5.91 Å². The molecule has 1 aromatic carbocycles. The number of amides is 1. The van der Waals surface area contributed by atoms with Crippen LogP contribution in [-0.2, 0) is 21.4 Å². The first-order chi connectivity index (χ1) is 12.3. The van der Waals surface area contributed by atoms with Crippen LogP contribution in [0.3, 0.4) is 0 Å². The van der Waals surface area contributed by atoms with Gasteiger partial charge in [0.05, 0.1) is 4.90 Å². The van der Waals surface area contributed by atoms with Gasteiger partial charge in [-0.15, -0.1) is 11.3 Å². The van der Waals surface area contributed by atoms with Crippen LogP contribution in [0.4, 0.5) is 0 Å². The lowest BCUT2D eigenvalue weighted by Crippen LogP contribution is -2.28. The molecule has 2 N–H and O–H groups in total. The molecular weight excluding hydrogens is 376 g/mol. The second-order valence-electron chi connectivity index (χ2n) is 5.65. The number of carboxylic acid groups (broad SMARTS) is 1. The molecule has 0 unspecified atom stereocenters. The third kappa shape index (κ3) is 5.65. The van der Waals surface area contributed by atoms with Crippen molar-refractivity contribution in [2.24, 2.45) is 0 Å². The SMILES string of the molecule is CN(CCCC(=O)O)C(=O)c1ccc(S(=O)(=O)NCc2cccs2)cc1. The summed E-state index contributed by atoms with van der Waals surface area (Å²) in [6, 6.07) is 9.37. The number of aliphatic carboxylic acids is 1. The summed E-state index contributed by atoms with van der Waals surface area (Å²) in [5, 5.41) is 10.5. The van der Waals surface area contributed by atoms with Gasteiger partial charge in [-0.2, -0.15) is 0 Å². The molecular formula is C17H20N2O5S2. The Morgan fingerprint density at radius 3 is 2.46 bits per heavy atom. The van der Waals surface area contributed by atoms with E-state index < -0.39 is 16.0 Å². The number of benzene rings is 1. The minimum atomic E-state index is -3.66. The van der Waals surface area contributed by atoms with Crippen molar-refractivity contribution in [1.29, 1.82) is 0 Å². The van der Waals surface area contributed by atoms with Crippen LogP contribution in [-0.4, -0.2) is 43.9 Å². The van der Waals surface area contributed by atoms with E-state index in [1.54, 1.807) is 7.05 Å². The molecule has 0 saturated heterocycles. The van der Waals surface area contributed by atoms with Crippen LogP contribution < -0.4 is 4.72 Å². The van der Waals surface area contributed by atoms with E-state index in [1.165, 1.54) is 40.5 Å². The number of sulfonamides is 1. The smallest absolute Gasteiger partial charge is 0.303 e. The minimum Gasteiger partial charge on any atom is -0.481 e. The highest BCUT2D eigenvalue weighted by molar-refractivity contribution is 7.89. The Bertz CT molecular complexity index is 846. The van der Waals surface area contributed by atoms with Crippen molar-refractivity contribution in [3.63, 3.8) is 0 Å². The summed E-state index contributed by atoms with van der Waals surface area (Å²) in [5.74, 6) is -1.19. The largest absolute Gasteiger partial charge is 0.481 e. The number of hydrogen-bond acceptors (Lipinski definition) is 5. The van der Waals surface area contributed by atoms with E-state index in [0.717, 1.165) is 4.88 Å². The molecule has 0 aliphatic heterocycles. The van der Waals surface area contributed by atoms with Crippen molar-refractivity contribution in [1.82, 2.24) is 9.62 Å². The molecule has 1 heterocycles. The van der Waals surface area contributed by atoms with Crippen LogP contribution in [0.25, 0.3) is 0 Å². The molecule has 0 aliphatic carbocycles. The predicted molar refractivity (Wildman–Crippen MR) is 98.6 cm³/mol. The molecule has 1 amide bonds. The molecule has 0 bridgehead atoms. The maximum Gasteiger partial charge on any atom is 0.303 e. The van der Waals surface area contributed by atoms with Crippen LogP contribution in [0.2, 0.25) is 0 Å². The van der Waals surface area contributed by atoms with Crippen LogP contribution in [0.1, 0.15) is 28.1 Å². The van der Waals surface area contributed by atoms with Crippen molar-refractivity contribution in [2.45, 2.75) is 24.3 Å². The molecule has 26 heavy (non-hydrogen) atoms. The molecule has 0 saturated carbocycles. The standard InChI is InChI=1S/C17H20N2O5S2/c1-19(10-2-5-16(20)21)17(22)13-6-8-15(9-7-13)26(23,24)18-12-14-4-3-11-25-14/h3-4,6-9,11,18H,2,5,10,12H2,1H3,(H,20,21). The van der Waals surface area contributed by atoms with Gasteiger partial charge in [-0.05, 0) is 42.1 Å². The molecule has 2 aromatic rings. The highest BCUT2D eigenvalue weighted by Gasteiger charge is 2.16. The maximum atomic E-state index is 12.3. The fourth-order valence-electron chi connectivity index (χ4n) is 2.23. The zero-order valence-electron chi connectivity index (χ0n) is 14.2. The quantitative estimate of drug-likeness (QED) is 0.676. The molecule has 0 fully saturated rings. The topological polar surface area (TPSA) is 104 Å². The molecule has 140 valence electrons. The van der Waals surface area contributed by atoms with Crippen molar-refractivity contribution < 1.29 is 23.1 Å². The van der Waals surface area contributed by atoms with Gasteiger partial charge in [-0.1, -0.05) is 6.07 Å². The maximum absolute atomic E-state index is 12.3. The average molecular weight is 396 g/mol. The fraction of sp³-hybridized carbons (Fsp3) is 0.294. The molecule has 7 nitrogen and oxygen atoms in total. The second kappa shape index (κ2) is 8.93. The van der Waals surface area contributed by atoms with E-state index in [9.17, 15) is 18.0 Å². The van der Waals surface area contributed by atoms with Crippen LogP contribution in [0.5, 0.6) is 0 Å². The summed E-state index contributed by atoms with van der Waals surface area (Å²) in [4.78, 5) is 25.2. The van der Waals surface area contributed by atoms with E-state index in [-0.39, 0.29) is 23.8 Å². The molecule has 1 aromatic heterocycles. The Hall–Kier alpha value is -2.23. The van der Waals surface area contributed by atoms with E-state index in [4.69, 9.17) is 5.11 Å². The molecule has 0 aliphatic rings. The number of carbonyl (C=O) groups is 2. The van der Waals surface area contributed by atoms with Gasteiger partial charge in [0.2, 0.25) is 10.0 Å². The number of hydrogen-bond donors (Lipinski definition) is 2. The third-order valence-electron chi connectivity index (χ3n) is 3.66. The summed E-state index contributed by atoms with van der Waals surface area (Å²) in [7, 11) is -2.08. The summed E-state index contributed by atoms with van der Waals surface area (Å²) in [5.41, 5.74) is 0.347. The Kier molecular flexibility index (Phi) is 6.90. The summed E-state index contributed by atoms with van der Waals surface area (Å²) in [6.07, 6.45) is 0.349. The normalized spacial score (nSPS) is 11.3. The summed E-state index contributed by atoms with van der Waals surface area (Å²) in [6.45, 7) is 0.528. The van der Waals surface area contributed by atoms with Gasteiger partial charge in [0.15, 0.2) is 0 Å². The fourth-order valence-corrected chi connectivity index (χ4v) is 3.97. The van der Waals surface area contributed by atoms with Crippen molar-refractivity contribution in [3.8, 4) is 0 Å². The molecule has 0 atom stereocenters. The Labute approximate surface area is 156 Å². The van der Waals surface area contributed by atoms with Crippen molar-refractivity contribution in [2.75, 3.05) is 13.6 Å². The number of nitrogens with one attached hydrogen (secondary N) is 1. The first-order valence-corrected chi connectivity index (χ1v) is 10.3. The van der Waals surface area contributed by atoms with E-state index in [2.05, 4.69) is 4.72 Å². The van der Waals surface area contributed by atoms with E-state index in [0.29, 0.717) is 18.5 Å². The monoisotopic (exact) mass is 396 g/mol. The first kappa shape index (κ1) is 20.1. The number of nitrogens with zero attached hydrogens (tertiary/aromatic N) is 1. The average Bonchev–Trinajstić information content (AvgIpc) is 3.13. The number of carbonyl (C=O) groups excluding carboxylic acids is 1. The van der Waals surface area contributed by atoms with Gasteiger partial charge in [0, 0.05) is 37.0 Å². The van der Waals surface area contributed by atoms with Crippen molar-refractivity contribution in [3.05, 3.63) is 52.2 Å². The molecule has 0 radical (unpaired) electrons. The number of thiophene rings is 1. The predicted octanol–water partition coefficient (Wildman–Crippen LogP) is 2.16. The zero-order valence-corrected chi connectivity index (χ0v) is 15.8. The van der Waals surface area contributed by atoms with Crippen LogP contribution in [0.15, 0.2) is 46.7 Å². The summed E-state index contributed by atoms with van der Waals surface area (Å²) < 4.78 is 27.1. The zero-order chi connectivity index (χ0) is 19.2. The summed E-state index contributed by atoms with van der Waals surface area (Å²) >= 11 is 1.46. The van der Waals surface area contributed by atoms with E-state index >= 15 is 0 Å². The van der Waals surface area contributed by atoms with E-state index in [1.807, 2.05) is 17.5 Å². The molecule has 9 heteroatoms. The molecule has 2 rings (SSSR count). The Morgan fingerprint density at radius 2 is 1.88 bits per heavy atom. The van der Waals surface area contributed by atoms with Gasteiger partial charge >= 0.3 is 5.97 Å². The Morgan fingerprint density at radius 1 is 1.19 bits per heavy atom. The number of rotatable bonds is 9. The minimum absolute atomic E-state index is 0.00922. The van der Waals surface area contributed by atoms with Gasteiger partial charge in [0.1, 0.15) is 0 Å². The van der Waals surface area contributed by atoms with Crippen LogP contribution >= 0.6 is 11.3 Å². The van der Waals surface area contributed by atoms with Gasteiger partial charge in [-0.25, -0.2) is 13.1 Å². The number of carboxylic acids is 1. The lowest BCUT2D eigenvalue weighted by molar-refractivity contribution is -0.137. The highest BCUT2D eigenvalue weighted by Crippen LogP contribution is 2.14. The third-order valence-corrected chi connectivity index (χ3v) is 5.95. The lowest BCUT2D eigenvalue weighted by atomic mass is 10.2. The first-order valence-electron chi connectivity index (χ1n) is 7.89. The Balaban J connectivity index is 1.97. The molecule has 0 spiro atoms.